The van der Waals surface area contributed by atoms with Crippen LogP contribution in [0.5, 0.6) is 5.75 Å². The van der Waals surface area contributed by atoms with Crippen molar-refractivity contribution in [2.75, 3.05) is 11.9 Å². The summed E-state index contributed by atoms with van der Waals surface area (Å²) in [6.45, 7) is 0.195. The van der Waals surface area contributed by atoms with E-state index in [0.717, 1.165) is 11.3 Å². The lowest BCUT2D eigenvalue weighted by atomic mass is 10.2. The van der Waals surface area contributed by atoms with E-state index >= 15 is 0 Å². The number of hydrogen-bond donors (Lipinski definition) is 1. The molecule has 0 unspecified atom stereocenters. The number of nitrogens with zero attached hydrogens (tertiary/aromatic N) is 3. The third kappa shape index (κ3) is 4.68. The highest BCUT2D eigenvalue weighted by Crippen LogP contribution is 2.31. The Morgan fingerprint density at radius 3 is 2.62 bits per heavy atom. The van der Waals surface area contributed by atoms with E-state index in [1.807, 2.05) is 0 Å². The lowest BCUT2D eigenvalue weighted by molar-refractivity contribution is -0.153. The van der Waals surface area contributed by atoms with E-state index in [1.165, 1.54) is 47.1 Å². The Kier molecular flexibility index (Phi) is 5.78. The zero-order valence-corrected chi connectivity index (χ0v) is 17.8. The van der Waals surface area contributed by atoms with Crippen molar-refractivity contribution in [3.63, 3.8) is 0 Å². The summed E-state index contributed by atoms with van der Waals surface area (Å²) in [6.07, 6.45) is -4.45. The van der Waals surface area contributed by atoms with Gasteiger partial charge in [0, 0.05) is 0 Å². The van der Waals surface area contributed by atoms with Crippen LogP contribution in [0.3, 0.4) is 0 Å². The van der Waals surface area contributed by atoms with E-state index in [0.29, 0.717) is 21.6 Å². The summed E-state index contributed by atoms with van der Waals surface area (Å²) in [4.78, 5) is 17.1. The molecule has 1 N–H and O–H groups in total. The molecule has 4 rings (SSSR count). The lowest BCUT2D eigenvalue weighted by Crippen LogP contribution is -2.19. The first-order valence-corrected chi connectivity index (χ1v) is 10.2. The fourth-order valence-electron chi connectivity index (χ4n) is 2.88. The molecule has 32 heavy (non-hydrogen) atoms. The molecule has 0 spiro atoms. The molecule has 4 aromatic rings. The van der Waals surface area contributed by atoms with E-state index in [-0.39, 0.29) is 21.6 Å². The van der Waals surface area contributed by atoms with Crippen molar-refractivity contribution < 1.29 is 27.1 Å². The molecule has 6 nitrogen and oxygen atoms in total. The van der Waals surface area contributed by atoms with Gasteiger partial charge in [0.25, 0.3) is 5.91 Å². The molecule has 2 aromatic carbocycles. The number of carbonyl (C=O) groups is 1. The second-order valence-corrected chi connectivity index (χ2v) is 8.03. The van der Waals surface area contributed by atoms with Crippen LogP contribution in [0.15, 0.2) is 42.5 Å². The second kappa shape index (κ2) is 8.40. The number of anilines is 1. The molecule has 0 saturated carbocycles. The largest absolute Gasteiger partial charge is 0.484 e. The molecule has 0 fully saturated rings. The van der Waals surface area contributed by atoms with Crippen LogP contribution in [0.1, 0.15) is 16.1 Å². The first-order chi connectivity index (χ1) is 15.1. The van der Waals surface area contributed by atoms with Crippen molar-refractivity contribution in [3.05, 3.63) is 64.7 Å². The number of alkyl halides is 3. The number of benzene rings is 2. The molecule has 0 bridgehead atoms. The van der Waals surface area contributed by atoms with Crippen LogP contribution < -0.4 is 10.1 Å². The summed E-state index contributed by atoms with van der Waals surface area (Å²) in [5.41, 5.74) is 1.42. The van der Waals surface area contributed by atoms with Gasteiger partial charge in [0.15, 0.2) is 11.7 Å². The van der Waals surface area contributed by atoms with Gasteiger partial charge < -0.3 is 4.74 Å². The lowest BCUT2D eigenvalue weighted by Gasteiger charge is -2.08. The topological polar surface area (TPSA) is 69.0 Å². The molecule has 2 aromatic heterocycles. The fourth-order valence-corrected chi connectivity index (χ4v) is 4.13. The molecular weight excluding hydrogens is 472 g/mol. The number of thiazole rings is 1. The Labute approximate surface area is 187 Å². The minimum absolute atomic E-state index is 0.0376. The number of aromatic nitrogens is 3. The molecule has 12 heteroatoms. The second-order valence-electron chi connectivity index (χ2n) is 6.65. The van der Waals surface area contributed by atoms with E-state index in [1.54, 1.807) is 6.92 Å². The van der Waals surface area contributed by atoms with E-state index in [2.05, 4.69) is 15.4 Å². The third-order valence-corrected chi connectivity index (χ3v) is 5.57. The van der Waals surface area contributed by atoms with Crippen molar-refractivity contribution >= 4 is 44.2 Å². The van der Waals surface area contributed by atoms with Crippen LogP contribution in [0.2, 0.25) is 5.15 Å². The summed E-state index contributed by atoms with van der Waals surface area (Å²) in [5, 5.41) is 7.13. The number of carbonyl (C=O) groups excluding carboxylic acids is 1. The van der Waals surface area contributed by atoms with E-state index < -0.39 is 24.5 Å². The number of aryl methyl sites for hydroxylation is 1. The van der Waals surface area contributed by atoms with Crippen LogP contribution in [0.25, 0.3) is 15.9 Å². The van der Waals surface area contributed by atoms with Gasteiger partial charge in [-0.25, -0.2) is 14.1 Å². The molecule has 2 heterocycles. The maximum atomic E-state index is 13.2. The van der Waals surface area contributed by atoms with Gasteiger partial charge in [-0.1, -0.05) is 22.9 Å². The Hall–Kier alpha value is -3.18. The van der Waals surface area contributed by atoms with Crippen molar-refractivity contribution in [2.24, 2.45) is 0 Å². The quantitative estimate of drug-likeness (QED) is 0.365. The fraction of sp³-hybridized carbons (Fsp3) is 0.150. The molecule has 0 aliphatic heterocycles. The first-order valence-electron chi connectivity index (χ1n) is 9.03. The Balaban J connectivity index is 1.55. The Bertz CT molecular complexity index is 1300. The molecular formula is C20H13ClF4N4O2S. The minimum Gasteiger partial charge on any atom is -0.484 e. The van der Waals surface area contributed by atoms with E-state index in [9.17, 15) is 22.4 Å². The average molecular weight is 485 g/mol. The van der Waals surface area contributed by atoms with Crippen LogP contribution in [-0.2, 0) is 0 Å². The highest BCUT2D eigenvalue weighted by molar-refractivity contribution is 7.22. The van der Waals surface area contributed by atoms with Gasteiger partial charge >= 0.3 is 6.18 Å². The Morgan fingerprint density at radius 2 is 1.94 bits per heavy atom. The number of hydrogen-bond acceptors (Lipinski definition) is 5. The minimum atomic E-state index is -4.45. The molecule has 0 saturated heterocycles. The zero-order valence-electron chi connectivity index (χ0n) is 16.2. The standard InChI is InChI=1S/C20H13ClF4N4O2S/c1-10-16(17(21)29(28-10)12-4-2-11(22)3-5-12)18(30)27-19-26-14-7-6-13(8-15(14)32-19)31-9-20(23,24)25/h2-8H,9H2,1H3,(H,26,27,30). The van der Waals surface area contributed by atoms with Gasteiger partial charge in [-0.05, 0) is 49.4 Å². The molecule has 0 atom stereocenters. The highest BCUT2D eigenvalue weighted by Gasteiger charge is 2.28. The number of fused-ring (bicyclic) bond motifs is 1. The van der Waals surface area contributed by atoms with Crippen molar-refractivity contribution in [1.29, 1.82) is 0 Å². The number of nitrogens with one attached hydrogen (secondary N) is 1. The monoisotopic (exact) mass is 484 g/mol. The predicted molar refractivity (Wildman–Crippen MR) is 112 cm³/mol. The number of rotatable bonds is 5. The summed E-state index contributed by atoms with van der Waals surface area (Å²) in [6, 6.07) is 9.72. The maximum absolute atomic E-state index is 13.2. The van der Waals surface area contributed by atoms with Gasteiger partial charge in [-0.2, -0.15) is 18.3 Å². The zero-order chi connectivity index (χ0) is 23.0. The average Bonchev–Trinajstić information content (AvgIpc) is 3.25. The van der Waals surface area contributed by atoms with Gasteiger partial charge in [-0.3, -0.25) is 10.1 Å². The normalized spacial score (nSPS) is 11.7. The van der Waals surface area contributed by atoms with Gasteiger partial charge in [0.1, 0.15) is 22.3 Å². The molecule has 1 amide bonds. The summed E-state index contributed by atoms with van der Waals surface area (Å²) in [5.74, 6) is -0.946. The van der Waals surface area contributed by atoms with Crippen molar-refractivity contribution in [2.45, 2.75) is 13.1 Å². The maximum Gasteiger partial charge on any atom is 0.422 e. The molecule has 0 radical (unpaired) electrons. The summed E-state index contributed by atoms with van der Waals surface area (Å²) >= 11 is 7.42. The predicted octanol–water partition coefficient (Wildman–Crippen LogP) is 5.78. The van der Waals surface area contributed by atoms with Gasteiger partial charge in [-0.15, -0.1) is 0 Å². The summed E-state index contributed by atoms with van der Waals surface area (Å²) in [7, 11) is 0. The molecule has 166 valence electrons. The Morgan fingerprint density at radius 1 is 1.22 bits per heavy atom. The van der Waals surface area contributed by atoms with Gasteiger partial charge in [0.2, 0.25) is 0 Å². The van der Waals surface area contributed by atoms with Crippen LogP contribution in [-0.4, -0.2) is 33.5 Å². The highest BCUT2D eigenvalue weighted by atomic mass is 35.5. The SMILES string of the molecule is Cc1nn(-c2ccc(F)cc2)c(Cl)c1C(=O)Nc1nc2ccc(OCC(F)(F)F)cc2s1. The van der Waals surface area contributed by atoms with Crippen LogP contribution in [0.4, 0.5) is 22.7 Å². The van der Waals surface area contributed by atoms with Crippen LogP contribution >= 0.6 is 22.9 Å². The summed E-state index contributed by atoms with van der Waals surface area (Å²) < 4.78 is 56.8. The van der Waals surface area contributed by atoms with Crippen molar-refractivity contribution in [1.82, 2.24) is 14.8 Å². The number of ether oxygens (including phenoxy) is 1. The van der Waals surface area contributed by atoms with Crippen LogP contribution in [0, 0.1) is 12.7 Å². The third-order valence-electron chi connectivity index (χ3n) is 4.29. The number of amides is 1. The molecule has 0 aliphatic carbocycles. The van der Waals surface area contributed by atoms with Gasteiger partial charge in [0.05, 0.1) is 21.6 Å². The molecule has 0 aliphatic rings. The first kappa shape index (κ1) is 22.0. The number of halogens is 5. The smallest absolute Gasteiger partial charge is 0.422 e. The van der Waals surface area contributed by atoms with Crippen molar-refractivity contribution in [3.8, 4) is 11.4 Å². The van der Waals surface area contributed by atoms with E-state index in [4.69, 9.17) is 16.3 Å².